The van der Waals surface area contributed by atoms with Crippen molar-refractivity contribution in [3.63, 3.8) is 0 Å². The third-order valence-electron chi connectivity index (χ3n) is 3.72. The van der Waals surface area contributed by atoms with E-state index in [4.69, 9.17) is 25.8 Å². The van der Waals surface area contributed by atoms with Gasteiger partial charge in [0, 0.05) is 16.0 Å². The molecule has 140 valence electrons. The topological polar surface area (TPSA) is 56.8 Å². The van der Waals surface area contributed by atoms with Crippen LogP contribution in [0.5, 0.6) is 17.2 Å². The molecule has 2 aromatic carbocycles. The van der Waals surface area contributed by atoms with Gasteiger partial charge in [0.2, 0.25) is 0 Å². The second-order valence-electron chi connectivity index (χ2n) is 5.56. The van der Waals surface area contributed by atoms with Gasteiger partial charge in [-0.25, -0.2) is 0 Å². The first-order chi connectivity index (χ1) is 12.4. The van der Waals surface area contributed by atoms with Crippen molar-refractivity contribution < 1.29 is 19.0 Å². The predicted octanol–water partition coefficient (Wildman–Crippen LogP) is 4.25. The average Bonchev–Trinajstić information content (AvgIpc) is 2.62. The molecule has 7 heteroatoms. The standard InChI is InChI=1S/C19H21BrClNO4/c1-12(26-15-6-4-5-14(21)10-15)19(23)22-8-7-13-9-17(24-2)18(25-3)11-16(13)20/h4-6,9-12H,7-8H2,1-3H3,(H,22,23). The van der Waals surface area contributed by atoms with Crippen molar-refractivity contribution in [2.45, 2.75) is 19.4 Å². The van der Waals surface area contributed by atoms with E-state index >= 15 is 0 Å². The molecule has 1 N–H and O–H groups in total. The molecule has 0 bridgehead atoms. The first kappa shape index (κ1) is 20.4. The molecule has 26 heavy (non-hydrogen) atoms. The molecule has 1 atom stereocenters. The highest BCUT2D eigenvalue weighted by molar-refractivity contribution is 9.10. The number of rotatable bonds is 8. The van der Waals surface area contributed by atoms with E-state index in [-0.39, 0.29) is 5.91 Å². The lowest BCUT2D eigenvalue weighted by atomic mass is 10.1. The summed E-state index contributed by atoms with van der Waals surface area (Å²) in [6.45, 7) is 2.17. The van der Waals surface area contributed by atoms with Gasteiger partial charge in [0.25, 0.3) is 5.91 Å². The number of carbonyl (C=O) groups excluding carboxylic acids is 1. The van der Waals surface area contributed by atoms with Crippen molar-refractivity contribution in [1.29, 1.82) is 0 Å². The Hall–Kier alpha value is -1.92. The van der Waals surface area contributed by atoms with Gasteiger partial charge in [0.1, 0.15) is 5.75 Å². The summed E-state index contributed by atoms with van der Waals surface area (Å²) >= 11 is 9.43. The van der Waals surface area contributed by atoms with Crippen LogP contribution in [-0.2, 0) is 11.2 Å². The molecule has 0 aliphatic rings. The average molecular weight is 443 g/mol. The molecule has 0 aliphatic heterocycles. The highest BCUT2D eigenvalue weighted by atomic mass is 79.9. The number of nitrogens with one attached hydrogen (secondary N) is 1. The van der Waals surface area contributed by atoms with Gasteiger partial charge in [-0.05, 0) is 49.2 Å². The Morgan fingerprint density at radius 2 is 1.88 bits per heavy atom. The zero-order valence-corrected chi connectivity index (χ0v) is 17.2. The minimum Gasteiger partial charge on any atom is -0.493 e. The van der Waals surface area contributed by atoms with Crippen LogP contribution < -0.4 is 19.5 Å². The quantitative estimate of drug-likeness (QED) is 0.664. The summed E-state index contributed by atoms with van der Waals surface area (Å²) in [6, 6.07) is 10.7. The molecule has 0 heterocycles. The van der Waals surface area contributed by atoms with E-state index in [1.54, 1.807) is 45.4 Å². The maximum absolute atomic E-state index is 12.2. The van der Waals surface area contributed by atoms with Crippen LogP contribution in [0.2, 0.25) is 5.02 Å². The molecule has 0 aliphatic carbocycles. The predicted molar refractivity (Wildman–Crippen MR) is 106 cm³/mol. The van der Waals surface area contributed by atoms with Gasteiger partial charge in [-0.1, -0.05) is 33.6 Å². The van der Waals surface area contributed by atoms with E-state index in [1.165, 1.54) is 0 Å². The van der Waals surface area contributed by atoms with Gasteiger partial charge >= 0.3 is 0 Å². The Morgan fingerprint density at radius 3 is 2.54 bits per heavy atom. The van der Waals surface area contributed by atoms with E-state index in [9.17, 15) is 4.79 Å². The zero-order chi connectivity index (χ0) is 19.1. The number of hydrogen-bond acceptors (Lipinski definition) is 4. The highest BCUT2D eigenvalue weighted by Crippen LogP contribution is 2.33. The molecule has 0 spiro atoms. The summed E-state index contributed by atoms with van der Waals surface area (Å²) in [7, 11) is 3.18. The van der Waals surface area contributed by atoms with Crippen LogP contribution in [0.25, 0.3) is 0 Å². The van der Waals surface area contributed by atoms with Crippen molar-refractivity contribution in [2.75, 3.05) is 20.8 Å². The van der Waals surface area contributed by atoms with Gasteiger partial charge in [0.15, 0.2) is 17.6 Å². The number of ether oxygens (including phenoxy) is 3. The summed E-state index contributed by atoms with van der Waals surface area (Å²) in [5.41, 5.74) is 1.01. The van der Waals surface area contributed by atoms with Crippen LogP contribution in [0.4, 0.5) is 0 Å². The Balaban J connectivity index is 1.89. The maximum Gasteiger partial charge on any atom is 0.260 e. The van der Waals surface area contributed by atoms with E-state index in [2.05, 4.69) is 21.2 Å². The normalized spacial score (nSPS) is 11.6. The Morgan fingerprint density at radius 1 is 1.19 bits per heavy atom. The lowest BCUT2D eigenvalue weighted by Gasteiger charge is -2.16. The SMILES string of the molecule is COc1cc(Br)c(CCNC(=O)C(C)Oc2cccc(Cl)c2)cc1OC. The van der Waals surface area contributed by atoms with E-state index in [0.717, 1.165) is 10.0 Å². The fraction of sp³-hybridized carbons (Fsp3) is 0.316. The van der Waals surface area contributed by atoms with E-state index in [0.29, 0.717) is 35.2 Å². The fourth-order valence-corrected chi connectivity index (χ4v) is 3.05. The minimum atomic E-state index is -0.623. The van der Waals surface area contributed by atoms with Crippen molar-refractivity contribution in [1.82, 2.24) is 5.32 Å². The summed E-state index contributed by atoms with van der Waals surface area (Å²) in [6.07, 6.45) is 0.0126. The van der Waals surface area contributed by atoms with Crippen LogP contribution in [0.1, 0.15) is 12.5 Å². The number of halogens is 2. The first-order valence-corrected chi connectivity index (χ1v) is 9.22. The number of amides is 1. The van der Waals surface area contributed by atoms with Crippen LogP contribution >= 0.6 is 27.5 Å². The maximum atomic E-state index is 12.2. The smallest absolute Gasteiger partial charge is 0.260 e. The van der Waals surface area contributed by atoms with Gasteiger partial charge in [-0.3, -0.25) is 4.79 Å². The van der Waals surface area contributed by atoms with E-state index < -0.39 is 6.10 Å². The molecule has 0 saturated heterocycles. The zero-order valence-electron chi connectivity index (χ0n) is 14.8. The molecule has 1 unspecified atom stereocenters. The van der Waals surface area contributed by atoms with Crippen LogP contribution in [-0.4, -0.2) is 32.8 Å². The van der Waals surface area contributed by atoms with E-state index in [1.807, 2.05) is 12.1 Å². The number of carbonyl (C=O) groups is 1. The first-order valence-electron chi connectivity index (χ1n) is 8.05. The van der Waals surface area contributed by atoms with Crippen molar-refractivity contribution in [2.24, 2.45) is 0 Å². The molecule has 5 nitrogen and oxygen atoms in total. The molecule has 0 saturated carbocycles. The summed E-state index contributed by atoms with van der Waals surface area (Å²) < 4.78 is 17.1. The summed E-state index contributed by atoms with van der Waals surface area (Å²) in [5.74, 6) is 1.66. The van der Waals surface area contributed by atoms with Gasteiger partial charge in [-0.15, -0.1) is 0 Å². The Kier molecular flexibility index (Phi) is 7.60. The summed E-state index contributed by atoms with van der Waals surface area (Å²) in [4.78, 5) is 12.2. The van der Waals surface area contributed by atoms with Gasteiger partial charge in [0.05, 0.1) is 14.2 Å². The molecule has 2 rings (SSSR count). The monoisotopic (exact) mass is 441 g/mol. The van der Waals surface area contributed by atoms with Gasteiger partial charge < -0.3 is 19.5 Å². The third-order valence-corrected chi connectivity index (χ3v) is 4.70. The van der Waals surface area contributed by atoms with Crippen molar-refractivity contribution >= 4 is 33.4 Å². The molecular formula is C19H21BrClNO4. The Labute approximate surface area is 166 Å². The minimum absolute atomic E-state index is 0.193. The van der Waals surface area contributed by atoms with Crippen LogP contribution in [0.15, 0.2) is 40.9 Å². The van der Waals surface area contributed by atoms with Gasteiger partial charge in [-0.2, -0.15) is 0 Å². The third kappa shape index (κ3) is 5.54. The highest BCUT2D eigenvalue weighted by Gasteiger charge is 2.15. The van der Waals surface area contributed by atoms with Crippen molar-refractivity contribution in [3.8, 4) is 17.2 Å². The lowest BCUT2D eigenvalue weighted by Crippen LogP contribution is -2.37. The fourth-order valence-electron chi connectivity index (χ4n) is 2.35. The second-order valence-corrected chi connectivity index (χ2v) is 6.85. The molecule has 2 aromatic rings. The number of benzene rings is 2. The van der Waals surface area contributed by atoms with Crippen molar-refractivity contribution in [3.05, 3.63) is 51.5 Å². The lowest BCUT2D eigenvalue weighted by molar-refractivity contribution is -0.127. The number of methoxy groups -OCH3 is 2. The molecule has 0 aromatic heterocycles. The summed E-state index contributed by atoms with van der Waals surface area (Å²) in [5, 5.41) is 3.43. The Bertz CT molecular complexity index is 769. The van der Waals surface area contributed by atoms with Crippen LogP contribution in [0, 0.1) is 0 Å². The van der Waals surface area contributed by atoms with Crippen LogP contribution in [0.3, 0.4) is 0 Å². The molecular weight excluding hydrogens is 422 g/mol. The molecule has 0 fully saturated rings. The largest absolute Gasteiger partial charge is 0.493 e. The second kappa shape index (κ2) is 9.69. The number of hydrogen-bond donors (Lipinski definition) is 1. The molecule has 1 amide bonds. The molecule has 0 radical (unpaired) electrons.